The maximum Gasteiger partial charge on any atom is 0.243 e. The maximum absolute atomic E-state index is 14.8. The van der Waals surface area contributed by atoms with Crippen LogP contribution >= 0.6 is 0 Å². The molecule has 600 valence electrons. The lowest BCUT2D eigenvalue weighted by Gasteiger charge is -2.30. The zero-order chi connectivity index (χ0) is 81.1. The lowest BCUT2D eigenvalue weighted by Crippen LogP contribution is -2.62. The van der Waals surface area contributed by atoms with Gasteiger partial charge in [0.2, 0.25) is 82.7 Å². The highest BCUT2D eigenvalue weighted by molar-refractivity contribution is 6.00. The topological polar surface area (TPSA) is 577 Å². The van der Waals surface area contributed by atoms with Crippen molar-refractivity contribution >= 4 is 94.6 Å². The van der Waals surface area contributed by atoms with Gasteiger partial charge in [-0.2, -0.15) is 0 Å². The van der Waals surface area contributed by atoms with Gasteiger partial charge in [0, 0.05) is 52.9 Å². The number of aliphatic imine (C=N–C) groups is 2. The van der Waals surface area contributed by atoms with Crippen molar-refractivity contribution in [3.8, 4) is 11.5 Å². The number of rotatable bonds is 26. The Morgan fingerprint density at radius 3 is 0.861 bits per heavy atom. The van der Waals surface area contributed by atoms with Gasteiger partial charge in [0.1, 0.15) is 84.0 Å². The Hall–Kier alpha value is -10.8. The summed E-state index contributed by atoms with van der Waals surface area (Å²) >= 11 is 0. The number of nitrogens with one attached hydrogen (secondary N) is 14. The van der Waals surface area contributed by atoms with Crippen LogP contribution in [-0.2, 0) is 80.0 Å². The molecule has 0 radical (unpaired) electrons. The quantitative estimate of drug-likeness (QED) is 0.0255. The van der Waals surface area contributed by atoms with Crippen LogP contribution in [0.4, 0.5) is 0 Å². The van der Waals surface area contributed by atoms with Gasteiger partial charge in [0.05, 0.1) is 0 Å². The summed E-state index contributed by atoms with van der Waals surface area (Å²) in [5.41, 5.74) is 23.3. The van der Waals surface area contributed by atoms with E-state index in [1.54, 1.807) is 55.4 Å². The first kappa shape index (κ1) is 91.4. The Labute approximate surface area is 630 Å². The molecule has 36 heteroatoms. The molecule has 0 saturated carbocycles. The second kappa shape index (κ2) is 46.3. The van der Waals surface area contributed by atoms with Crippen molar-refractivity contribution in [2.45, 2.75) is 233 Å². The Morgan fingerprint density at radius 1 is 0.352 bits per heavy atom. The van der Waals surface area contributed by atoms with Gasteiger partial charge in [-0.15, -0.1) is 0 Å². The third-order valence-corrected chi connectivity index (χ3v) is 17.5. The standard InChI is InChI=1S/C72H116N20O16/c1-37(2)55-69(107)87-53(35-45-23-27-47(95)28-24-45)65(103)91-57(39(5)6)67(105)85-52(22-18-34-80-72(75)76)64(102)84-50(20-14-16-32-78-44(12)94)62(100)82-42(10)60(98)90-56(38(3)4)70(108)88-54(36-46-25-29-48(96)30-26-46)66(104)92-58(40(7)8)68(106)86-51(21-17-33-79-71(73)74)63(101)83-49(19-13-15-31-77-43(11)93)61(99)81-41(9)59(97)89-55/h23-30,37-42,49-58,95-96H,13-22,31-36H2,1-12H3,(H,77,93)(H,78,94)(H,81,99)(H,82,100)(H,83,101)(H,84,102)(H,85,105)(H,86,106)(H,87,107)(H,88,108)(H,89,97)(H,90,98)(H,91,103)(H,92,104)(H4,73,74,79)(H4,75,76,80)/t41-,42-,49-,50-,51-,52-,53-,54-,55-,56-,57-,58-/m0/s1. The predicted octanol–water partition coefficient (Wildman–Crippen LogP) is -2.90. The molecule has 0 bridgehead atoms. The minimum atomic E-state index is -1.51. The smallest absolute Gasteiger partial charge is 0.243 e. The molecule has 1 aliphatic rings. The van der Waals surface area contributed by atoms with E-state index in [1.165, 1.54) is 76.2 Å². The summed E-state index contributed by atoms with van der Waals surface area (Å²) in [5.74, 6) is -15.0. The summed E-state index contributed by atoms with van der Waals surface area (Å²) in [6.07, 6.45) is 0.252. The number of carbonyl (C=O) groups excluding carboxylic acids is 14. The molecule has 108 heavy (non-hydrogen) atoms. The predicted molar refractivity (Wildman–Crippen MR) is 402 cm³/mol. The zero-order valence-electron chi connectivity index (χ0n) is 64.0. The highest BCUT2D eigenvalue weighted by Gasteiger charge is 2.39. The van der Waals surface area contributed by atoms with Gasteiger partial charge in [0.15, 0.2) is 11.9 Å². The fourth-order valence-corrected chi connectivity index (χ4v) is 11.3. The maximum atomic E-state index is 14.8. The van der Waals surface area contributed by atoms with E-state index < -0.39 is 167 Å². The number of guanidine groups is 2. The number of aromatic hydroxyl groups is 2. The SMILES string of the molecule is CC(=O)NCCCC[C@@H]1NC(=O)[C@H](CCCN=C(N)N)NC(=O)[C@H](C(C)C)NC(=O)[C@H](Cc2ccc(O)cc2)NC(=O)[C@H](C(C)C)NC(=O)[C@H](C)NC(=O)[C@H](CCCCNC(C)=O)NC(=O)[C@H](CCCN=C(N)N)NC(=O)[C@H](C(C)C)NC(=O)[C@H](Cc2ccc(O)cc2)NC(=O)[C@H](C(C)C)NC(=O)[C@H](C)NC1=O. The van der Waals surface area contributed by atoms with Gasteiger partial charge in [-0.1, -0.05) is 79.7 Å². The molecule has 0 aromatic heterocycles. The molecule has 24 N–H and O–H groups in total. The van der Waals surface area contributed by atoms with E-state index in [9.17, 15) is 77.3 Å². The van der Waals surface area contributed by atoms with E-state index in [4.69, 9.17) is 22.9 Å². The molecule has 0 spiro atoms. The molecule has 3 rings (SSSR count). The molecule has 2 aromatic carbocycles. The monoisotopic (exact) mass is 1520 g/mol. The van der Waals surface area contributed by atoms with E-state index in [-0.39, 0.29) is 126 Å². The van der Waals surface area contributed by atoms with Crippen LogP contribution in [0.25, 0.3) is 0 Å². The number of hydrogen-bond acceptors (Lipinski definition) is 18. The molecule has 2 aromatic rings. The lowest BCUT2D eigenvalue weighted by atomic mass is 9.98. The van der Waals surface area contributed by atoms with Gasteiger partial charge >= 0.3 is 0 Å². The third-order valence-electron chi connectivity index (χ3n) is 17.5. The minimum Gasteiger partial charge on any atom is -0.508 e. The molecule has 1 heterocycles. The fourth-order valence-electron chi connectivity index (χ4n) is 11.3. The van der Waals surface area contributed by atoms with Crippen LogP contribution < -0.4 is 97.4 Å². The summed E-state index contributed by atoms with van der Waals surface area (Å²) < 4.78 is 0. The number of phenolic OH excluding ortho intramolecular Hbond substituents is 2. The van der Waals surface area contributed by atoms with Crippen molar-refractivity contribution in [2.24, 2.45) is 56.6 Å². The van der Waals surface area contributed by atoms with E-state index >= 15 is 0 Å². The third kappa shape index (κ3) is 33.3. The molecule has 1 aliphatic heterocycles. The fraction of sp³-hybridized carbons (Fsp3) is 0.611. The van der Waals surface area contributed by atoms with E-state index in [2.05, 4.69) is 84.4 Å². The Morgan fingerprint density at radius 2 is 0.593 bits per heavy atom. The average molecular weight is 1520 g/mol. The van der Waals surface area contributed by atoms with Gasteiger partial charge in [0.25, 0.3) is 0 Å². The summed E-state index contributed by atoms with van der Waals surface area (Å²) in [7, 11) is 0. The normalized spacial score (nSPS) is 23.5. The van der Waals surface area contributed by atoms with Crippen LogP contribution in [-0.4, -0.2) is 204 Å². The van der Waals surface area contributed by atoms with Crippen LogP contribution in [0, 0.1) is 23.7 Å². The summed E-state index contributed by atoms with van der Waals surface area (Å²) in [5, 5.41) is 57.8. The first-order valence-electron chi connectivity index (χ1n) is 36.6. The van der Waals surface area contributed by atoms with Crippen LogP contribution in [0.2, 0.25) is 0 Å². The summed E-state index contributed by atoms with van der Waals surface area (Å²) in [6, 6.07) is -6.03. The number of amides is 14. The minimum absolute atomic E-state index is 0.0242. The van der Waals surface area contributed by atoms with Gasteiger partial charge in [-0.25, -0.2) is 0 Å². The number of nitrogens with two attached hydrogens (primary N) is 4. The number of phenols is 2. The molecule has 12 atom stereocenters. The van der Waals surface area contributed by atoms with E-state index in [1.807, 2.05) is 0 Å². The van der Waals surface area contributed by atoms with E-state index in [0.29, 0.717) is 24.0 Å². The number of carbonyl (C=O) groups is 14. The Balaban J connectivity index is 2.33. The first-order chi connectivity index (χ1) is 50.8. The van der Waals surface area contributed by atoms with Crippen molar-refractivity contribution in [1.82, 2.24) is 74.4 Å². The molecular formula is C72H116N20O16. The molecule has 0 unspecified atom stereocenters. The lowest BCUT2D eigenvalue weighted by molar-refractivity contribution is -0.137. The van der Waals surface area contributed by atoms with Crippen molar-refractivity contribution in [1.29, 1.82) is 0 Å². The Kier molecular flexibility index (Phi) is 39.2. The van der Waals surface area contributed by atoms with Crippen LogP contribution in [0.3, 0.4) is 0 Å². The Bertz CT molecular complexity index is 3210. The van der Waals surface area contributed by atoms with Crippen molar-refractivity contribution < 1.29 is 77.3 Å². The molecule has 14 amide bonds. The summed E-state index contributed by atoms with van der Waals surface area (Å²) in [6.45, 7) is 18.4. The number of unbranched alkanes of at least 4 members (excludes halogenated alkanes) is 2. The molecule has 1 fully saturated rings. The zero-order valence-corrected chi connectivity index (χ0v) is 64.0. The second-order valence-electron chi connectivity index (χ2n) is 28.3. The highest BCUT2D eigenvalue weighted by atomic mass is 16.3. The van der Waals surface area contributed by atoms with Gasteiger partial charge in [-0.3, -0.25) is 77.1 Å². The molecular weight excluding hydrogens is 1400 g/mol. The highest BCUT2D eigenvalue weighted by Crippen LogP contribution is 2.18. The van der Waals surface area contributed by atoms with Gasteiger partial charge < -0.3 is 108 Å². The number of benzene rings is 2. The summed E-state index contributed by atoms with van der Waals surface area (Å²) in [4.78, 5) is 207. The van der Waals surface area contributed by atoms with Gasteiger partial charge in [-0.05, 0) is 137 Å². The molecule has 1 saturated heterocycles. The largest absolute Gasteiger partial charge is 0.508 e. The number of nitrogens with zero attached hydrogens (tertiary/aromatic N) is 2. The number of hydrogen-bond donors (Lipinski definition) is 20. The van der Waals surface area contributed by atoms with Crippen LogP contribution in [0.5, 0.6) is 11.5 Å². The molecule has 36 nitrogen and oxygen atoms in total. The van der Waals surface area contributed by atoms with Crippen LogP contribution in [0.15, 0.2) is 58.5 Å². The first-order valence-corrected chi connectivity index (χ1v) is 36.6. The van der Waals surface area contributed by atoms with Crippen molar-refractivity contribution in [2.75, 3.05) is 26.2 Å². The van der Waals surface area contributed by atoms with E-state index in [0.717, 1.165) is 0 Å². The average Bonchev–Trinajstić information content (AvgIpc) is 0.846. The van der Waals surface area contributed by atoms with Crippen molar-refractivity contribution in [3.05, 3.63) is 59.7 Å². The molecule has 0 aliphatic carbocycles. The second-order valence-corrected chi connectivity index (χ2v) is 28.3. The van der Waals surface area contributed by atoms with Crippen LogP contribution in [0.1, 0.15) is 158 Å². The van der Waals surface area contributed by atoms with Crippen molar-refractivity contribution in [3.63, 3.8) is 0 Å².